The van der Waals surface area contributed by atoms with Crippen LogP contribution in [0.25, 0.3) is 5.57 Å². The molecule has 0 atom stereocenters. The van der Waals surface area contributed by atoms with E-state index in [1.165, 1.54) is 11.8 Å². The van der Waals surface area contributed by atoms with Crippen LogP contribution >= 0.6 is 11.8 Å². The standard InChI is InChI=1S/C12H8N2OS/c13-8-10(9-4-2-1-3-5-9)11-6-7-12(14-15)16-11/h1-7,15H/b11-10-,14-12-. The number of benzene rings is 1. The Morgan fingerprint density at radius 2 is 2.00 bits per heavy atom. The molecule has 1 heterocycles. The molecule has 0 aliphatic carbocycles. The van der Waals surface area contributed by atoms with Crippen molar-refractivity contribution in [1.82, 2.24) is 0 Å². The van der Waals surface area contributed by atoms with E-state index in [1.807, 2.05) is 30.3 Å². The highest BCUT2D eigenvalue weighted by Crippen LogP contribution is 2.33. The summed E-state index contributed by atoms with van der Waals surface area (Å²) < 4.78 is 0. The minimum atomic E-state index is 0.499. The van der Waals surface area contributed by atoms with Gasteiger partial charge in [0.2, 0.25) is 0 Å². The molecule has 0 bridgehead atoms. The predicted octanol–water partition coefficient (Wildman–Crippen LogP) is 3.01. The van der Waals surface area contributed by atoms with Crippen molar-refractivity contribution < 1.29 is 5.21 Å². The molecule has 0 fully saturated rings. The molecule has 0 aromatic heterocycles. The fourth-order valence-corrected chi connectivity index (χ4v) is 2.19. The number of allylic oxidation sites excluding steroid dienone is 2. The van der Waals surface area contributed by atoms with Crippen molar-refractivity contribution in [1.29, 1.82) is 5.26 Å². The fourth-order valence-electron chi connectivity index (χ4n) is 1.38. The fraction of sp³-hybridized carbons (Fsp3) is 0. The van der Waals surface area contributed by atoms with E-state index in [0.29, 0.717) is 10.6 Å². The molecule has 0 saturated carbocycles. The third kappa shape index (κ3) is 2.00. The van der Waals surface area contributed by atoms with E-state index in [2.05, 4.69) is 11.2 Å². The molecule has 1 aliphatic rings. The van der Waals surface area contributed by atoms with Gasteiger partial charge in [0.25, 0.3) is 0 Å². The first kappa shape index (κ1) is 10.5. The van der Waals surface area contributed by atoms with Crippen LogP contribution in [-0.4, -0.2) is 10.3 Å². The summed E-state index contributed by atoms with van der Waals surface area (Å²) in [6.07, 6.45) is 3.46. The Morgan fingerprint density at radius 3 is 2.56 bits per heavy atom. The van der Waals surface area contributed by atoms with Crippen molar-refractivity contribution in [3.63, 3.8) is 0 Å². The Bertz CT molecular complexity index is 524. The van der Waals surface area contributed by atoms with Gasteiger partial charge in [-0.1, -0.05) is 47.2 Å². The lowest BCUT2D eigenvalue weighted by atomic mass is 10.1. The monoisotopic (exact) mass is 228 g/mol. The highest BCUT2D eigenvalue weighted by Gasteiger charge is 2.14. The normalized spacial score (nSPS) is 19.8. The zero-order valence-electron chi connectivity index (χ0n) is 8.29. The van der Waals surface area contributed by atoms with Gasteiger partial charge in [-0.3, -0.25) is 0 Å². The van der Waals surface area contributed by atoms with Gasteiger partial charge in [-0.05, 0) is 17.7 Å². The van der Waals surface area contributed by atoms with Crippen molar-refractivity contribution in [3.05, 3.63) is 53.0 Å². The van der Waals surface area contributed by atoms with Gasteiger partial charge in [0.15, 0.2) is 0 Å². The molecule has 1 aromatic carbocycles. The summed E-state index contributed by atoms with van der Waals surface area (Å²) in [6, 6.07) is 11.6. The molecule has 0 amide bonds. The van der Waals surface area contributed by atoms with E-state index in [4.69, 9.17) is 10.5 Å². The molecule has 0 unspecified atom stereocenters. The number of nitriles is 1. The van der Waals surface area contributed by atoms with Gasteiger partial charge >= 0.3 is 0 Å². The number of thioether (sulfide) groups is 1. The molecule has 2 rings (SSSR count). The molecule has 3 nitrogen and oxygen atoms in total. The highest BCUT2D eigenvalue weighted by molar-refractivity contribution is 8.18. The van der Waals surface area contributed by atoms with Gasteiger partial charge in [-0.2, -0.15) is 5.26 Å². The number of oxime groups is 1. The van der Waals surface area contributed by atoms with E-state index >= 15 is 0 Å². The summed E-state index contributed by atoms with van der Waals surface area (Å²) in [6.45, 7) is 0. The molecular formula is C12H8N2OS. The first-order valence-corrected chi connectivity index (χ1v) is 5.44. The second-order valence-corrected chi connectivity index (χ2v) is 4.15. The maximum atomic E-state index is 9.14. The minimum Gasteiger partial charge on any atom is -0.410 e. The first-order chi connectivity index (χ1) is 7.85. The summed E-state index contributed by atoms with van der Waals surface area (Å²) in [5.41, 5.74) is 1.47. The molecule has 1 aliphatic heterocycles. The van der Waals surface area contributed by atoms with Crippen molar-refractivity contribution in [2.45, 2.75) is 0 Å². The lowest BCUT2D eigenvalue weighted by Gasteiger charge is -2.01. The van der Waals surface area contributed by atoms with Gasteiger partial charge in [-0.15, -0.1) is 0 Å². The van der Waals surface area contributed by atoms with Crippen LogP contribution in [0.15, 0.2) is 52.5 Å². The maximum Gasteiger partial charge on any atom is 0.140 e. The van der Waals surface area contributed by atoms with Crippen molar-refractivity contribution in [2.24, 2.45) is 5.16 Å². The highest BCUT2D eigenvalue weighted by atomic mass is 32.2. The van der Waals surface area contributed by atoms with Crippen molar-refractivity contribution in [2.75, 3.05) is 0 Å². The Balaban J connectivity index is 2.43. The average molecular weight is 228 g/mol. The van der Waals surface area contributed by atoms with Crippen LogP contribution in [0.1, 0.15) is 5.56 Å². The van der Waals surface area contributed by atoms with Gasteiger partial charge < -0.3 is 5.21 Å². The lowest BCUT2D eigenvalue weighted by Crippen LogP contribution is -1.84. The van der Waals surface area contributed by atoms with Gasteiger partial charge in [0.05, 0.1) is 5.57 Å². The van der Waals surface area contributed by atoms with E-state index in [-0.39, 0.29) is 0 Å². The first-order valence-electron chi connectivity index (χ1n) is 4.63. The van der Waals surface area contributed by atoms with Crippen LogP contribution in [0, 0.1) is 11.3 Å². The number of rotatable bonds is 1. The molecule has 4 heteroatoms. The van der Waals surface area contributed by atoms with Gasteiger partial charge in [-0.25, -0.2) is 0 Å². The predicted molar refractivity (Wildman–Crippen MR) is 64.9 cm³/mol. The Labute approximate surface area is 97.4 Å². The largest absolute Gasteiger partial charge is 0.410 e. The number of hydrogen-bond acceptors (Lipinski definition) is 4. The van der Waals surface area contributed by atoms with E-state index in [1.54, 1.807) is 12.2 Å². The third-order valence-corrected chi connectivity index (χ3v) is 3.10. The summed E-state index contributed by atoms with van der Waals surface area (Å²) in [7, 11) is 0. The molecule has 16 heavy (non-hydrogen) atoms. The zero-order chi connectivity index (χ0) is 11.4. The molecule has 78 valence electrons. The Hall–Kier alpha value is -1.99. The molecule has 0 saturated heterocycles. The minimum absolute atomic E-state index is 0.499. The second kappa shape index (κ2) is 4.69. The van der Waals surface area contributed by atoms with Gasteiger partial charge in [0.1, 0.15) is 11.1 Å². The third-order valence-electron chi connectivity index (χ3n) is 2.11. The molecule has 1 aromatic rings. The quantitative estimate of drug-likeness (QED) is 0.456. The topological polar surface area (TPSA) is 56.4 Å². The van der Waals surface area contributed by atoms with E-state index in [9.17, 15) is 0 Å². The van der Waals surface area contributed by atoms with Crippen LogP contribution in [0.3, 0.4) is 0 Å². The van der Waals surface area contributed by atoms with Gasteiger partial charge in [0, 0.05) is 4.91 Å². The van der Waals surface area contributed by atoms with E-state index in [0.717, 1.165) is 10.5 Å². The van der Waals surface area contributed by atoms with Crippen LogP contribution in [0.2, 0.25) is 0 Å². The SMILES string of the molecule is N#C/C(=C1C=C/C(=N/O)S\1)c1ccccc1. The van der Waals surface area contributed by atoms with Crippen molar-refractivity contribution in [3.8, 4) is 6.07 Å². The number of hydrogen-bond donors (Lipinski definition) is 1. The molecule has 0 radical (unpaired) electrons. The maximum absolute atomic E-state index is 9.14. The number of nitrogens with zero attached hydrogens (tertiary/aromatic N) is 2. The second-order valence-electron chi connectivity index (χ2n) is 3.09. The molecule has 1 N–H and O–H groups in total. The Kier molecular flexibility index (Phi) is 3.08. The zero-order valence-corrected chi connectivity index (χ0v) is 9.11. The van der Waals surface area contributed by atoms with Crippen LogP contribution < -0.4 is 0 Å². The lowest BCUT2D eigenvalue weighted by molar-refractivity contribution is 0.321. The summed E-state index contributed by atoms with van der Waals surface area (Å²) in [4.78, 5) is 0.807. The Morgan fingerprint density at radius 1 is 1.25 bits per heavy atom. The van der Waals surface area contributed by atoms with Crippen LogP contribution in [0.4, 0.5) is 0 Å². The summed E-state index contributed by atoms with van der Waals surface area (Å²) in [5, 5.41) is 21.4. The summed E-state index contributed by atoms with van der Waals surface area (Å²) in [5.74, 6) is 0. The van der Waals surface area contributed by atoms with Crippen LogP contribution in [0.5, 0.6) is 0 Å². The van der Waals surface area contributed by atoms with Crippen LogP contribution in [-0.2, 0) is 0 Å². The molecular weight excluding hydrogens is 220 g/mol. The smallest absolute Gasteiger partial charge is 0.140 e. The molecule has 0 spiro atoms. The average Bonchev–Trinajstić information content (AvgIpc) is 2.80. The summed E-state index contributed by atoms with van der Waals surface area (Å²) >= 11 is 1.28. The van der Waals surface area contributed by atoms with Crippen molar-refractivity contribution >= 4 is 22.4 Å². The van der Waals surface area contributed by atoms with E-state index < -0.39 is 0 Å².